The minimum absolute atomic E-state index is 0.0256. The van der Waals surface area contributed by atoms with Gasteiger partial charge in [0.25, 0.3) is 5.69 Å². The highest BCUT2D eigenvalue weighted by atomic mass is 16.6. The Morgan fingerprint density at radius 1 is 1.47 bits per heavy atom. The lowest BCUT2D eigenvalue weighted by Gasteiger charge is -2.26. The summed E-state index contributed by atoms with van der Waals surface area (Å²) in [5, 5.41) is 11.0. The number of nitro benzene ring substituents is 1. The molecular weight excluding hydrogens is 222 g/mol. The molecule has 0 bridgehead atoms. The maximum absolute atomic E-state index is 11.6. The molecule has 0 heterocycles. The lowest BCUT2D eigenvalue weighted by Crippen LogP contribution is -2.16. The molecule has 1 aliphatic rings. The van der Waals surface area contributed by atoms with Gasteiger partial charge in [-0.15, -0.1) is 0 Å². The van der Waals surface area contributed by atoms with Crippen LogP contribution >= 0.6 is 0 Å². The van der Waals surface area contributed by atoms with Crippen LogP contribution in [-0.2, 0) is 4.74 Å². The summed E-state index contributed by atoms with van der Waals surface area (Å²) in [6.07, 6.45) is 2.85. The summed E-state index contributed by atoms with van der Waals surface area (Å²) in [5.41, 5.74) is 0.889. The number of ether oxygens (including phenoxy) is 1. The van der Waals surface area contributed by atoms with Crippen LogP contribution in [0.1, 0.15) is 41.1 Å². The first-order chi connectivity index (χ1) is 8.15. The highest BCUT2D eigenvalue weighted by Gasteiger charge is 2.31. The number of carbonyl (C=O) groups is 1. The third-order valence-corrected chi connectivity index (χ3v) is 3.20. The van der Waals surface area contributed by atoms with Crippen molar-refractivity contribution in [3.63, 3.8) is 0 Å². The van der Waals surface area contributed by atoms with Gasteiger partial charge in [-0.3, -0.25) is 10.1 Å². The van der Waals surface area contributed by atoms with Crippen LogP contribution in [0.3, 0.4) is 0 Å². The molecule has 0 N–H and O–H groups in total. The highest BCUT2D eigenvalue weighted by Crippen LogP contribution is 2.42. The first kappa shape index (κ1) is 11.6. The van der Waals surface area contributed by atoms with Gasteiger partial charge in [0.2, 0.25) is 0 Å². The van der Waals surface area contributed by atoms with Gasteiger partial charge in [0, 0.05) is 11.6 Å². The lowest BCUT2D eigenvalue weighted by molar-refractivity contribution is -0.385. The van der Waals surface area contributed by atoms with E-state index >= 15 is 0 Å². The molecule has 1 fully saturated rings. The second-order valence-electron chi connectivity index (χ2n) is 4.11. The Morgan fingerprint density at radius 3 is 2.65 bits per heavy atom. The van der Waals surface area contributed by atoms with E-state index in [0.29, 0.717) is 11.1 Å². The molecule has 5 nitrogen and oxygen atoms in total. The van der Waals surface area contributed by atoms with Gasteiger partial charge in [0.15, 0.2) is 0 Å². The van der Waals surface area contributed by atoms with Gasteiger partial charge in [-0.1, -0.05) is 12.5 Å². The van der Waals surface area contributed by atoms with Crippen molar-refractivity contribution in [3.8, 4) is 0 Å². The summed E-state index contributed by atoms with van der Waals surface area (Å²) in [4.78, 5) is 22.2. The summed E-state index contributed by atoms with van der Waals surface area (Å²) in [5.74, 6) is -0.388. The molecule has 2 rings (SSSR count). The number of rotatable bonds is 3. The summed E-state index contributed by atoms with van der Waals surface area (Å²) in [6, 6.07) is 4.55. The normalized spacial score (nSPS) is 15.1. The van der Waals surface area contributed by atoms with Gasteiger partial charge < -0.3 is 4.74 Å². The van der Waals surface area contributed by atoms with Crippen LogP contribution in [0.5, 0.6) is 0 Å². The zero-order valence-electron chi connectivity index (χ0n) is 9.51. The standard InChI is InChI=1S/C12H13NO4/c1-17-12(14)9-6-3-7-10(13(15)16)11(9)8-4-2-5-8/h3,6-8H,2,4-5H2,1H3. The SMILES string of the molecule is COC(=O)c1cccc([N+](=O)[O-])c1C1CCC1. The molecule has 0 unspecified atom stereocenters. The van der Waals surface area contributed by atoms with Crippen LogP contribution < -0.4 is 0 Å². The van der Waals surface area contributed by atoms with Crippen molar-refractivity contribution >= 4 is 11.7 Å². The molecule has 0 amide bonds. The summed E-state index contributed by atoms with van der Waals surface area (Å²) >= 11 is 0. The van der Waals surface area contributed by atoms with Crippen LogP contribution in [-0.4, -0.2) is 18.0 Å². The van der Waals surface area contributed by atoms with Crippen LogP contribution in [0.4, 0.5) is 5.69 Å². The second-order valence-corrected chi connectivity index (χ2v) is 4.11. The monoisotopic (exact) mass is 235 g/mol. The topological polar surface area (TPSA) is 69.4 Å². The molecule has 0 spiro atoms. The van der Waals surface area contributed by atoms with Crippen LogP contribution in [0.2, 0.25) is 0 Å². The molecule has 0 saturated heterocycles. The molecule has 1 saturated carbocycles. The number of hydrogen-bond donors (Lipinski definition) is 0. The molecular formula is C12H13NO4. The molecule has 1 aromatic rings. The zero-order chi connectivity index (χ0) is 12.4. The summed E-state index contributed by atoms with van der Waals surface area (Å²) in [7, 11) is 1.28. The van der Waals surface area contributed by atoms with E-state index in [0.717, 1.165) is 19.3 Å². The van der Waals surface area contributed by atoms with E-state index in [4.69, 9.17) is 0 Å². The molecule has 90 valence electrons. The van der Waals surface area contributed by atoms with Crippen molar-refractivity contribution in [3.05, 3.63) is 39.4 Å². The van der Waals surface area contributed by atoms with E-state index < -0.39 is 10.9 Å². The summed E-state index contributed by atoms with van der Waals surface area (Å²) in [6.45, 7) is 0. The van der Waals surface area contributed by atoms with Gasteiger partial charge in [0.1, 0.15) is 0 Å². The van der Waals surface area contributed by atoms with Crippen molar-refractivity contribution in [1.29, 1.82) is 0 Å². The van der Waals surface area contributed by atoms with Crippen LogP contribution in [0.15, 0.2) is 18.2 Å². The predicted molar refractivity (Wildman–Crippen MR) is 61.0 cm³/mol. The third-order valence-electron chi connectivity index (χ3n) is 3.20. The van der Waals surface area contributed by atoms with Crippen molar-refractivity contribution in [2.45, 2.75) is 25.2 Å². The number of methoxy groups -OCH3 is 1. The Balaban J connectivity index is 2.54. The van der Waals surface area contributed by atoms with Gasteiger partial charge in [-0.2, -0.15) is 0 Å². The largest absolute Gasteiger partial charge is 0.465 e. The minimum Gasteiger partial charge on any atom is -0.465 e. The molecule has 0 atom stereocenters. The number of esters is 1. The fourth-order valence-corrected chi connectivity index (χ4v) is 2.13. The Labute approximate surface area is 98.5 Å². The van der Waals surface area contributed by atoms with Crippen molar-refractivity contribution < 1.29 is 14.5 Å². The third kappa shape index (κ3) is 2.00. The molecule has 17 heavy (non-hydrogen) atoms. The molecule has 0 radical (unpaired) electrons. The molecule has 0 aliphatic heterocycles. The van der Waals surface area contributed by atoms with Crippen LogP contribution in [0, 0.1) is 10.1 Å². The fraction of sp³-hybridized carbons (Fsp3) is 0.417. The first-order valence-corrected chi connectivity index (χ1v) is 5.50. The molecule has 1 aromatic carbocycles. The van der Waals surface area contributed by atoms with E-state index in [-0.39, 0.29) is 11.6 Å². The van der Waals surface area contributed by atoms with E-state index in [1.165, 1.54) is 19.2 Å². The quantitative estimate of drug-likeness (QED) is 0.458. The van der Waals surface area contributed by atoms with Crippen molar-refractivity contribution in [2.24, 2.45) is 0 Å². The number of hydrogen-bond acceptors (Lipinski definition) is 4. The molecule has 0 aromatic heterocycles. The Hall–Kier alpha value is -1.91. The van der Waals surface area contributed by atoms with E-state index in [2.05, 4.69) is 4.74 Å². The average molecular weight is 235 g/mol. The maximum atomic E-state index is 11.6. The Bertz CT molecular complexity index is 466. The molecule has 5 heteroatoms. The maximum Gasteiger partial charge on any atom is 0.338 e. The number of carbonyl (C=O) groups excluding carboxylic acids is 1. The fourth-order valence-electron chi connectivity index (χ4n) is 2.13. The number of nitrogens with zero attached hydrogens (tertiary/aromatic N) is 1. The minimum atomic E-state index is -0.504. The Kier molecular flexibility index (Phi) is 3.08. The molecule has 1 aliphatic carbocycles. The number of benzene rings is 1. The van der Waals surface area contributed by atoms with Gasteiger partial charge in [-0.25, -0.2) is 4.79 Å². The lowest BCUT2D eigenvalue weighted by atomic mass is 9.77. The Morgan fingerprint density at radius 2 is 2.18 bits per heavy atom. The smallest absolute Gasteiger partial charge is 0.338 e. The first-order valence-electron chi connectivity index (χ1n) is 5.50. The van der Waals surface area contributed by atoms with E-state index in [1.807, 2.05) is 0 Å². The van der Waals surface area contributed by atoms with Crippen molar-refractivity contribution in [2.75, 3.05) is 7.11 Å². The summed E-state index contributed by atoms with van der Waals surface area (Å²) < 4.78 is 4.67. The highest BCUT2D eigenvalue weighted by molar-refractivity contribution is 5.92. The van der Waals surface area contributed by atoms with Gasteiger partial charge in [-0.05, 0) is 24.8 Å². The predicted octanol–water partition coefficient (Wildman–Crippen LogP) is 2.65. The van der Waals surface area contributed by atoms with Gasteiger partial charge in [0.05, 0.1) is 17.6 Å². The average Bonchev–Trinajstić information content (AvgIpc) is 2.25. The van der Waals surface area contributed by atoms with E-state index in [1.54, 1.807) is 6.07 Å². The van der Waals surface area contributed by atoms with E-state index in [9.17, 15) is 14.9 Å². The van der Waals surface area contributed by atoms with Crippen molar-refractivity contribution in [1.82, 2.24) is 0 Å². The van der Waals surface area contributed by atoms with Gasteiger partial charge >= 0.3 is 5.97 Å². The zero-order valence-corrected chi connectivity index (χ0v) is 9.51. The van der Waals surface area contributed by atoms with Crippen LogP contribution in [0.25, 0.3) is 0 Å². The number of nitro groups is 1. The second kappa shape index (κ2) is 4.53.